The summed E-state index contributed by atoms with van der Waals surface area (Å²) in [6.07, 6.45) is 4.87. The second-order valence-electron chi connectivity index (χ2n) is 9.66. The number of benzene rings is 2. The van der Waals surface area contributed by atoms with E-state index in [2.05, 4.69) is 5.32 Å². The highest BCUT2D eigenvalue weighted by atomic mass is 32.1. The fourth-order valence-electron chi connectivity index (χ4n) is 4.97. The maximum absolute atomic E-state index is 12.5. The van der Waals surface area contributed by atoms with Crippen molar-refractivity contribution in [3.63, 3.8) is 0 Å². The van der Waals surface area contributed by atoms with E-state index < -0.39 is 6.23 Å². The highest BCUT2D eigenvalue weighted by molar-refractivity contribution is 7.12. The van der Waals surface area contributed by atoms with E-state index in [4.69, 9.17) is 19.3 Å². The van der Waals surface area contributed by atoms with E-state index in [1.807, 2.05) is 60.8 Å². The van der Waals surface area contributed by atoms with Gasteiger partial charge in [-0.1, -0.05) is 25.1 Å². The van der Waals surface area contributed by atoms with Crippen LogP contribution in [0, 0.1) is 0 Å². The van der Waals surface area contributed by atoms with Gasteiger partial charge in [0.15, 0.2) is 17.8 Å². The van der Waals surface area contributed by atoms with Gasteiger partial charge in [-0.05, 0) is 79.4 Å². The summed E-state index contributed by atoms with van der Waals surface area (Å²) >= 11 is 1.39. The van der Waals surface area contributed by atoms with Crippen molar-refractivity contribution in [2.24, 2.45) is 5.10 Å². The van der Waals surface area contributed by atoms with Gasteiger partial charge >= 0.3 is 0 Å². The van der Waals surface area contributed by atoms with Crippen LogP contribution in [0.25, 0.3) is 0 Å². The highest BCUT2D eigenvalue weighted by Crippen LogP contribution is 2.34. The Bertz CT molecular complexity index is 1320. The third-order valence-corrected chi connectivity index (χ3v) is 7.82. The molecule has 3 aromatic rings. The van der Waals surface area contributed by atoms with E-state index in [1.165, 1.54) is 24.2 Å². The lowest BCUT2D eigenvalue weighted by molar-refractivity contribution is -0.139. The van der Waals surface area contributed by atoms with Gasteiger partial charge in [0.1, 0.15) is 6.10 Å². The molecule has 0 spiro atoms. The first kappa shape index (κ1) is 26.9. The zero-order valence-electron chi connectivity index (χ0n) is 22.2. The summed E-state index contributed by atoms with van der Waals surface area (Å²) in [5.74, 6) is 1.22. The van der Waals surface area contributed by atoms with Gasteiger partial charge in [0.05, 0.1) is 30.3 Å². The summed E-state index contributed by atoms with van der Waals surface area (Å²) in [5.41, 5.74) is 3.15. The smallest absolute Gasteiger partial charge is 0.265 e. The number of aldehydes is 1. The Labute approximate surface area is 232 Å². The van der Waals surface area contributed by atoms with Crippen molar-refractivity contribution in [2.45, 2.75) is 64.0 Å². The lowest BCUT2D eigenvalue weighted by atomic mass is 10.0. The number of rotatable bonds is 10. The summed E-state index contributed by atoms with van der Waals surface area (Å²) in [7, 11) is 1.64. The molecule has 5 rings (SSSR count). The van der Waals surface area contributed by atoms with E-state index in [-0.39, 0.29) is 18.1 Å². The summed E-state index contributed by atoms with van der Waals surface area (Å²) in [5, 5.41) is 11.4. The average Bonchev–Trinajstić information content (AvgIpc) is 3.68. The topological polar surface area (TPSA) is 89.5 Å². The minimum Gasteiger partial charge on any atom is -0.493 e. The Morgan fingerprint density at radius 1 is 1.15 bits per heavy atom. The summed E-state index contributed by atoms with van der Waals surface area (Å²) < 4.78 is 18.1. The molecule has 1 amide bonds. The van der Waals surface area contributed by atoms with Crippen LogP contribution in [0.3, 0.4) is 0 Å². The molecule has 0 radical (unpaired) electrons. The quantitative estimate of drug-likeness (QED) is 0.319. The molecule has 0 saturated heterocycles. The fourth-order valence-corrected chi connectivity index (χ4v) is 5.59. The molecule has 8 nitrogen and oxygen atoms in total. The Morgan fingerprint density at radius 2 is 2.00 bits per heavy atom. The molecule has 1 fully saturated rings. The van der Waals surface area contributed by atoms with Crippen molar-refractivity contribution >= 4 is 34.9 Å². The Kier molecular flexibility index (Phi) is 8.58. The van der Waals surface area contributed by atoms with Gasteiger partial charge in [0.2, 0.25) is 6.23 Å². The van der Waals surface area contributed by atoms with Crippen molar-refractivity contribution in [3.05, 3.63) is 76.0 Å². The Hall–Kier alpha value is -3.69. The molecule has 2 heterocycles. The number of carbonyl (C=O) groups is 2. The SMILES string of the molecule is CCC1OC(C=O)N(Cc2cccc(NC(=O)c3cccs3)c2)N=C1c1ccc(OC)c(OC2CCCC2)c1. The molecule has 0 bridgehead atoms. The van der Waals surface area contributed by atoms with Crippen LogP contribution in [0.15, 0.2) is 65.1 Å². The molecule has 204 valence electrons. The van der Waals surface area contributed by atoms with E-state index in [9.17, 15) is 9.59 Å². The predicted octanol–water partition coefficient (Wildman–Crippen LogP) is 5.87. The van der Waals surface area contributed by atoms with Crippen molar-refractivity contribution in [1.82, 2.24) is 5.01 Å². The van der Waals surface area contributed by atoms with Crippen molar-refractivity contribution in [2.75, 3.05) is 12.4 Å². The first-order chi connectivity index (χ1) is 19.1. The first-order valence-corrected chi connectivity index (χ1v) is 14.2. The van der Waals surface area contributed by atoms with E-state index in [1.54, 1.807) is 18.2 Å². The lowest BCUT2D eigenvalue weighted by Crippen LogP contribution is -2.45. The summed E-state index contributed by atoms with van der Waals surface area (Å²) in [6.45, 7) is 2.34. The summed E-state index contributed by atoms with van der Waals surface area (Å²) in [4.78, 5) is 25.2. The normalized spacial score (nSPS) is 19.4. The minimum absolute atomic E-state index is 0.157. The molecule has 9 heteroatoms. The predicted molar refractivity (Wildman–Crippen MR) is 152 cm³/mol. The van der Waals surface area contributed by atoms with Crippen LogP contribution >= 0.6 is 11.3 Å². The molecular formula is C30H33N3O5S. The third-order valence-electron chi connectivity index (χ3n) is 6.96. The maximum atomic E-state index is 12.5. The molecule has 2 aliphatic rings. The van der Waals surface area contributed by atoms with Crippen LogP contribution in [0.2, 0.25) is 0 Å². The number of hydrogen-bond donors (Lipinski definition) is 1. The van der Waals surface area contributed by atoms with E-state index in [0.29, 0.717) is 35.0 Å². The van der Waals surface area contributed by atoms with Crippen LogP contribution in [-0.2, 0) is 16.1 Å². The summed E-state index contributed by atoms with van der Waals surface area (Å²) in [6, 6.07) is 17.0. The number of hydrogen-bond acceptors (Lipinski definition) is 8. The molecule has 1 saturated carbocycles. The number of ether oxygens (including phenoxy) is 3. The molecule has 1 N–H and O–H groups in total. The zero-order valence-corrected chi connectivity index (χ0v) is 23.0. The standard InChI is InChI=1S/C30H33N3O5S/c1-3-24-29(21-13-14-25(36-2)26(17-21)37-23-10-4-5-11-23)32-33(28(19-34)38-24)18-20-8-6-9-22(16-20)31-30(35)27-12-7-15-39-27/h6-9,12-17,19,23-24,28H,3-5,10-11,18H2,1-2H3,(H,31,35). The number of hydrazone groups is 1. The van der Waals surface area contributed by atoms with Gasteiger partial charge in [0.25, 0.3) is 5.91 Å². The largest absolute Gasteiger partial charge is 0.493 e. The number of amides is 1. The number of anilines is 1. The van der Waals surface area contributed by atoms with Crippen molar-refractivity contribution in [1.29, 1.82) is 0 Å². The van der Waals surface area contributed by atoms with Crippen LogP contribution in [-0.4, -0.2) is 48.5 Å². The third kappa shape index (κ3) is 6.32. The molecule has 1 aliphatic heterocycles. The first-order valence-electron chi connectivity index (χ1n) is 13.3. The molecule has 1 aromatic heterocycles. The Morgan fingerprint density at radius 3 is 2.72 bits per heavy atom. The van der Waals surface area contributed by atoms with Gasteiger partial charge in [-0.25, -0.2) is 0 Å². The molecule has 39 heavy (non-hydrogen) atoms. The van der Waals surface area contributed by atoms with Crippen molar-refractivity contribution in [3.8, 4) is 11.5 Å². The Balaban J connectivity index is 1.40. The van der Waals surface area contributed by atoms with Crippen LogP contribution in [0.4, 0.5) is 5.69 Å². The van der Waals surface area contributed by atoms with Gasteiger partial charge in [0, 0.05) is 11.3 Å². The number of methoxy groups -OCH3 is 1. The number of nitrogens with one attached hydrogen (secondary N) is 1. The second-order valence-corrected chi connectivity index (χ2v) is 10.6. The lowest BCUT2D eigenvalue weighted by Gasteiger charge is -2.35. The van der Waals surface area contributed by atoms with Gasteiger partial charge < -0.3 is 19.5 Å². The average molecular weight is 548 g/mol. The molecular weight excluding hydrogens is 514 g/mol. The zero-order chi connectivity index (χ0) is 27.2. The molecule has 2 aromatic carbocycles. The van der Waals surface area contributed by atoms with Crippen LogP contribution in [0.1, 0.15) is 59.8 Å². The van der Waals surface area contributed by atoms with E-state index in [0.717, 1.165) is 36.0 Å². The number of thiophene rings is 1. The van der Waals surface area contributed by atoms with Crippen LogP contribution < -0.4 is 14.8 Å². The minimum atomic E-state index is -0.824. The van der Waals surface area contributed by atoms with Crippen molar-refractivity contribution < 1.29 is 23.8 Å². The fraction of sp³-hybridized carbons (Fsp3) is 0.367. The molecule has 1 aliphatic carbocycles. The molecule has 2 unspecified atom stereocenters. The van der Waals surface area contributed by atoms with Gasteiger partial charge in [-0.2, -0.15) is 5.10 Å². The number of nitrogens with zero attached hydrogens (tertiary/aromatic N) is 2. The van der Waals surface area contributed by atoms with Gasteiger partial charge in [-0.15, -0.1) is 11.3 Å². The second kappa shape index (κ2) is 12.4. The van der Waals surface area contributed by atoms with Gasteiger partial charge in [-0.3, -0.25) is 14.6 Å². The van der Waals surface area contributed by atoms with E-state index >= 15 is 0 Å². The van der Waals surface area contributed by atoms with Crippen LogP contribution in [0.5, 0.6) is 11.5 Å². The monoisotopic (exact) mass is 547 g/mol. The highest BCUT2D eigenvalue weighted by Gasteiger charge is 2.32. The number of carbonyl (C=O) groups excluding carboxylic acids is 2. The molecule has 2 atom stereocenters. The maximum Gasteiger partial charge on any atom is 0.265 e.